The minimum atomic E-state index is -3.44. The highest BCUT2D eigenvalue weighted by molar-refractivity contribution is 7.90. The smallest absolute Gasteiger partial charge is 0.175 e. The van der Waals surface area contributed by atoms with Crippen molar-refractivity contribution in [2.45, 2.75) is 11.4 Å². The van der Waals surface area contributed by atoms with E-state index in [9.17, 15) is 17.2 Å². The van der Waals surface area contributed by atoms with E-state index < -0.39 is 21.5 Å². The van der Waals surface area contributed by atoms with Crippen molar-refractivity contribution in [2.75, 3.05) is 11.6 Å². The number of nitrogens with one attached hydrogen (secondary N) is 1. The molecule has 0 bridgehead atoms. The molecule has 0 radical (unpaired) electrons. The quantitative estimate of drug-likeness (QED) is 0.870. The van der Waals surface area contributed by atoms with Crippen molar-refractivity contribution in [1.82, 2.24) is 0 Å². The zero-order valence-corrected chi connectivity index (χ0v) is 12.6. The van der Waals surface area contributed by atoms with Gasteiger partial charge in [-0.1, -0.05) is 17.7 Å². The molecule has 0 unspecified atom stereocenters. The molecule has 21 heavy (non-hydrogen) atoms. The summed E-state index contributed by atoms with van der Waals surface area (Å²) in [5, 5.41) is 2.94. The highest BCUT2D eigenvalue weighted by atomic mass is 35.5. The Morgan fingerprint density at radius 3 is 2.43 bits per heavy atom. The van der Waals surface area contributed by atoms with E-state index in [1.54, 1.807) is 0 Å². The van der Waals surface area contributed by atoms with Crippen molar-refractivity contribution in [1.29, 1.82) is 0 Å². The van der Waals surface area contributed by atoms with Crippen LogP contribution in [0.25, 0.3) is 0 Å². The van der Waals surface area contributed by atoms with Gasteiger partial charge in [0.15, 0.2) is 9.84 Å². The predicted octanol–water partition coefficient (Wildman–Crippen LogP) is 3.63. The maximum Gasteiger partial charge on any atom is 0.175 e. The van der Waals surface area contributed by atoms with Gasteiger partial charge >= 0.3 is 0 Å². The SMILES string of the molecule is CS(=O)(=O)c1ccc(F)c(NCc2ccc(Cl)cc2F)c1. The molecule has 0 saturated heterocycles. The maximum absolute atomic E-state index is 13.7. The molecule has 0 fully saturated rings. The van der Waals surface area contributed by atoms with E-state index in [0.717, 1.165) is 18.4 Å². The maximum atomic E-state index is 13.7. The molecule has 3 nitrogen and oxygen atoms in total. The summed E-state index contributed by atoms with van der Waals surface area (Å²) in [6.07, 6.45) is 1.03. The normalized spacial score (nSPS) is 11.4. The van der Waals surface area contributed by atoms with Crippen LogP contribution in [-0.4, -0.2) is 14.7 Å². The Bertz CT molecular complexity index is 779. The average molecular weight is 332 g/mol. The molecule has 1 N–H and O–H groups in total. The second-order valence-corrected chi connectivity index (χ2v) is 6.96. The predicted molar refractivity (Wildman–Crippen MR) is 78.2 cm³/mol. The van der Waals surface area contributed by atoms with E-state index in [0.29, 0.717) is 5.56 Å². The van der Waals surface area contributed by atoms with E-state index in [1.165, 1.54) is 24.3 Å². The number of hydrogen-bond donors (Lipinski definition) is 1. The van der Waals surface area contributed by atoms with E-state index in [-0.39, 0.29) is 22.2 Å². The first-order valence-electron chi connectivity index (χ1n) is 5.95. The van der Waals surface area contributed by atoms with Gasteiger partial charge in [0.2, 0.25) is 0 Å². The number of halogens is 3. The highest BCUT2D eigenvalue weighted by Crippen LogP contribution is 2.21. The number of sulfone groups is 1. The van der Waals surface area contributed by atoms with E-state index in [2.05, 4.69) is 5.32 Å². The van der Waals surface area contributed by atoms with Crippen LogP contribution in [0.2, 0.25) is 5.02 Å². The van der Waals surface area contributed by atoms with Gasteiger partial charge in [0.25, 0.3) is 0 Å². The fraction of sp³-hybridized carbons (Fsp3) is 0.143. The van der Waals surface area contributed by atoms with Crippen molar-refractivity contribution in [3.8, 4) is 0 Å². The summed E-state index contributed by atoms with van der Waals surface area (Å²) in [5.41, 5.74) is 0.288. The Kier molecular flexibility index (Phi) is 4.49. The van der Waals surface area contributed by atoms with Crippen LogP contribution in [0, 0.1) is 11.6 Å². The lowest BCUT2D eigenvalue weighted by atomic mass is 10.2. The fourth-order valence-electron chi connectivity index (χ4n) is 1.73. The number of hydrogen-bond acceptors (Lipinski definition) is 3. The molecule has 0 spiro atoms. The summed E-state index contributed by atoms with van der Waals surface area (Å²) in [5.74, 6) is -1.13. The molecule has 0 aliphatic carbocycles. The van der Waals surface area contributed by atoms with Crippen molar-refractivity contribution >= 4 is 27.1 Å². The first-order chi connectivity index (χ1) is 9.77. The summed E-state index contributed by atoms with van der Waals surface area (Å²) >= 11 is 5.64. The number of rotatable bonds is 4. The molecule has 0 atom stereocenters. The molecule has 0 heterocycles. The molecule has 2 aromatic carbocycles. The van der Waals surface area contributed by atoms with E-state index in [1.807, 2.05) is 0 Å². The van der Waals surface area contributed by atoms with Gasteiger partial charge in [-0.2, -0.15) is 0 Å². The van der Waals surface area contributed by atoms with Crippen LogP contribution in [0.5, 0.6) is 0 Å². The minimum Gasteiger partial charge on any atom is -0.378 e. The molecule has 7 heteroatoms. The van der Waals surface area contributed by atoms with Gasteiger partial charge in [-0.05, 0) is 30.3 Å². The topological polar surface area (TPSA) is 46.2 Å². The summed E-state index contributed by atoms with van der Waals surface area (Å²) in [4.78, 5) is -0.0111. The Morgan fingerprint density at radius 1 is 1.10 bits per heavy atom. The lowest BCUT2D eigenvalue weighted by Crippen LogP contribution is -2.05. The number of benzene rings is 2. The van der Waals surface area contributed by atoms with Crippen LogP contribution in [0.3, 0.4) is 0 Å². The largest absolute Gasteiger partial charge is 0.378 e. The fourth-order valence-corrected chi connectivity index (χ4v) is 2.53. The van der Waals surface area contributed by atoms with Crippen LogP contribution < -0.4 is 5.32 Å². The molecule has 112 valence electrons. The first kappa shape index (κ1) is 15.7. The molecule has 2 rings (SSSR count). The molecule has 2 aromatic rings. The van der Waals surface area contributed by atoms with Crippen molar-refractivity contribution < 1.29 is 17.2 Å². The molecular formula is C14H12ClF2NO2S. The standard InChI is InChI=1S/C14H12ClF2NO2S/c1-21(19,20)11-4-5-12(16)14(7-11)18-8-9-2-3-10(15)6-13(9)17/h2-7,18H,8H2,1H3. The van der Waals surface area contributed by atoms with Gasteiger partial charge in [0, 0.05) is 23.4 Å². The molecule has 0 saturated carbocycles. The lowest BCUT2D eigenvalue weighted by Gasteiger charge is -2.10. The lowest BCUT2D eigenvalue weighted by molar-refractivity contribution is 0.600. The minimum absolute atomic E-state index is 0.00708. The Balaban J connectivity index is 2.23. The van der Waals surface area contributed by atoms with Crippen LogP contribution in [0.15, 0.2) is 41.3 Å². The third-order valence-corrected chi connectivity index (χ3v) is 4.20. The number of anilines is 1. The molecule has 0 aliphatic heterocycles. The average Bonchev–Trinajstić information content (AvgIpc) is 2.38. The Labute approximate surface area is 126 Å². The van der Waals surface area contributed by atoms with Crippen LogP contribution >= 0.6 is 11.6 Å². The zero-order chi connectivity index (χ0) is 15.6. The van der Waals surface area contributed by atoms with Crippen LogP contribution in [0.4, 0.5) is 14.5 Å². The summed E-state index contributed by atoms with van der Waals surface area (Å²) in [6, 6.07) is 7.56. The molecule has 0 aliphatic rings. The van der Waals surface area contributed by atoms with Crippen molar-refractivity contribution in [2.24, 2.45) is 0 Å². The first-order valence-corrected chi connectivity index (χ1v) is 8.22. The van der Waals surface area contributed by atoms with Gasteiger partial charge in [0.05, 0.1) is 10.6 Å². The Morgan fingerprint density at radius 2 is 1.81 bits per heavy atom. The second kappa shape index (κ2) is 5.99. The van der Waals surface area contributed by atoms with Gasteiger partial charge in [0.1, 0.15) is 11.6 Å². The molecule has 0 amide bonds. The molecular weight excluding hydrogens is 320 g/mol. The highest BCUT2D eigenvalue weighted by Gasteiger charge is 2.11. The Hall–Kier alpha value is -1.66. The third kappa shape index (κ3) is 3.92. The van der Waals surface area contributed by atoms with Gasteiger partial charge < -0.3 is 5.32 Å². The summed E-state index contributed by atoms with van der Waals surface area (Å²) < 4.78 is 50.1. The third-order valence-electron chi connectivity index (χ3n) is 2.85. The van der Waals surface area contributed by atoms with Crippen molar-refractivity contribution in [3.05, 3.63) is 58.6 Å². The second-order valence-electron chi connectivity index (χ2n) is 4.50. The zero-order valence-electron chi connectivity index (χ0n) is 11.0. The molecule has 0 aromatic heterocycles. The van der Waals surface area contributed by atoms with Gasteiger partial charge in [-0.15, -0.1) is 0 Å². The van der Waals surface area contributed by atoms with Crippen LogP contribution in [-0.2, 0) is 16.4 Å². The van der Waals surface area contributed by atoms with Crippen LogP contribution in [0.1, 0.15) is 5.56 Å². The van der Waals surface area contributed by atoms with Crippen molar-refractivity contribution in [3.63, 3.8) is 0 Å². The van der Waals surface area contributed by atoms with Gasteiger partial charge in [-0.25, -0.2) is 17.2 Å². The van der Waals surface area contributed by atoms with Gasteiger partial charge in [-0.3, -0.25) is 0 Å². The van der Waals surface area contributed by atoms with E-state index in [4.69, 9.17) is 11.6 Å². The monoisotopic (exact) mass is 331 g/mol. The van der Waals surface area contributed by atoms with E-state index >= 15 is 0 Å². The summed E-state index contributed by atoms with van der Waals surface area (Å²) in [6.45, 7) is 0.00708. The summed E-state index contributed by atoms with van der Waals surface area (Å²) in [7, 11) is -3.44.